The van der Waals surface area contributed by atoms with Gasteiger partial charge in [-0.3, -0.25) is 4.68 Å². The number of hydrogen-bond acceptors (Lipinski definition) is 4. The van der Waals surface area contributed by atoms with Gasteiger partial charge in [-0.2, -0.15) is 5.10 Å². The van der Waals surface area contributed by atoms with Crippen molar-refractivity contribution in [3.05, 3.63) is 41.2 Å². The number of ether oxygens (including phenoxy) is 2. The van der Waals surface area contributed by atoms with E-state index in [1.54, 1.807) is 14.2 Å². The average molecular weight is 275 g/mol. The Bertz CT molecular complexity index is 578. The molecule has 1 heterocycles. The molecule has 0 saturated heterocycles. The molecule has 1 aromatic carbocycles. The molecule has 20 heavy (non-hydrogen) atoms. The van der Waals surface area contributed by atoms with Crippen LogP contribution in [-0.4, -0.2) is 24.0 Å². The summed E-state index contributed by atoms with van der Waals surface area (Å²) in [5.41, 5.74) is 3.33. The maximum absolute atomic E-state index is 5.36. The monoisotopic (exact) mass is 275 g/mol. The van der Waals surface area contributed by atoms with Crippen LogP contribution < -0.4 is 14.8 Å². The molecule has 2 aromatic rings. The average Bonchev–Trinajstić information content (AvgIpc) is 2.77. The largest absolute Gasteiger partial charge is 0.497 e. The van der Waals surface area contributed by atoms with Crippen molar-refractivity contribution in [3.8, 4) is 11.5 Å². The Labute approximate surface area is 119 Å². The molecule has 5 heteroatoms. The highest BCUT2D eigenvalue weighted by Gasteiger charge is 2.06. The van der Waals surface area contributed by atoms with E-state index in [2.05, 4.69) is 10.4 Å². The number of hydrogen-bond donors (Lipinski definition) is 1. The molecule has 0 saturated carbocycles. The topological polar surface area (TPSA) is 48.3 Å². The van der Waals surface area contributed by atoms with Gasteiger partial charge in [0.25, 0.3) is 0 Å². The van der Waals surface area contributed by atoms with Gasteiger partial charge in [0.1, 0.15) is 11.5 Å². The van der Waals surface area contributed by atoms with Crippen LogP contribution in [-0.2, 0) is 20.1 Å². The Morgan fingerprint density at radius 2 is 1.90 bits per heavy atom. The molecular weight excluding hydrogens is 254 g/mol. The number of rotatable bonds is 6. The summed E-state index contributed by atoms with van der Waals surface area (Å²) >= 11 is 0. The second kappa shape index (κ2) is 6.43. The minimum atomic E-state index is 0.717. The van der Waals surface area contributed by atoms with Crippen molar-refractivity contribution in [2.75, 3.05) is 14.2 Å². The molecule has 1 aromatic heterocycles. The Morgan fingerprint density at radius 1 is 1.15 bits per heavy atom. The van der Waals surface area contributed by atoms with E-state index in [1.165, 1.54) is 5.56 Å². The zero-order valence-corrected chi connectivity index (χ0v) is 12.4. The number of benzene rings is 1. The lowest BCUT2D eigenvalue weighted by molar-refractivity contribution is 0.397. The molecule has 1 N–H and O–H groups in total. The summed E-state index contributed by atoms with van der Waals surface area (Å²) in [5, 5.41) is 7.74. The Hall–Kier alpha value is -2.01. The molecule has 0 aliphatic rings. The molecule has 0 unspecified atom stereocenters. The SMILES string of the molecule is COc1ccc(OC)c(CNCc2cn(C)nc2C)c1. The van der Waals surface area contributed by atoms with E-state index >= 15 is 0 Å². The van der Waals surface area contributed by atoms with Crippen LogP contribution in [0.15, 0.2) is 24.4 Å². The van der Waals surface area contributed by atoms with Crippen molar-refractivity contribution in [1.82, 2.24) is 15.1 Å². The second-order valence-corrected chi connectivity index (χ2v) is 4.69. The smallest absolute Gasteiger partial charge is 0.123 e. The Balaban J connectivity index is 2.01. The van der Waals surface area contributed by atoms with Gasteiger partial charge in [-0.25, -0.2) is 0 Å². The highest BCUT2D eigenvalue weighted by atomic mass is 16.5. The molecule has 0 spiro atoms. The predicted molar refractivity (Wildman–Crippen MR) is 78.0 cm³/mol. The lowest BCUT2D eigenvalue weighted by Gasteiger charge is -2.11. The van der Waals surface area contributed by atoms with Crippen molar-refractivity contribution < 1.29 is 9.47 Å². The van der Waals surface area contributed by atoms with Crippen molar-refractivity contribution in [2.45, 2.75) is 20.0 Å². The van der Waals surface area contributed by atoms with Gasteiger partial charge in [0.05, 0.1) is 19.9 Å². The summed E-state index contributed by atoms with van der Waals surface area (Å²) in [6, 6.07) is 5.81. The third kappa shape index (κ3) is 3.30. The van der Waals surface area contributed by atoms with Gasteiger partial charge in [-0.05, 0) is 25.1 Å². The van der Waals surface area contributed by atoms with Gasteiger partial charge in [-0.15, -0.1) is 0 Å². The molecule has 0 atom stereocenters. The minimum absolute atomic E-state index is 0.717. The lowest BCUT2D eigenvalue weighted by Crippen LogP contribution is -2.13. The number of methoxy groups -OCH3 is 2. The van der Waals surface area contributed by atoms with Crippen LogP contribution in [0.3, 0.4) is 0 Å². The van der Waals surface area contributed by atoms with E-state index in [4.69, 9.17) is 9.47 Å². The zero-order valence-electron chi connectivity index (χ0n) is 12.4. The Kier molecular flexibility index (Phi) is 4.63. The van der Waals surface area contributed by atoms with Gasteiger partial charge < -0.3 is 14.8 Å². The second-order valence-electron chi connectivity index (χ2n) is 4.69. The first-order valence-corrected chi connectivity index (χ1v) is 6.54. The summed E-state index contributed by atoms with van der Waals surface area (Å²) < 4.78 is 12.4. The maximum atomic E-state index is 5.36. The molecular formula is C15H21N3O2. The van der Waals surface area contributed by atoms with Gasteiger partial charge in [0, 0.05) is 37.5 Å². The highest BCUT2D eigenvalue weighted by Crippen LogP contribution is 2.23. The summed E-state index contributed by atoms with van der Waals surface area (Å²) in [6.07, 6.45) is 2.03. The van der Waals surface area contributed by atoms with Gasteiger partial charge in [-0.1, -0.05) is 0 Å². The standard InChI is InChI=1S/C15H21N3O2/c1-11-13(10-18(2)17-11)9-16-8-12-7-14(19-3)5-6-15(12)20-4/h5-7,10,16H,8-9H2,1-4H3. The van der Waals surface area contributed by atoms with E-state index in [0.717, 1.165) is 29.3 Å². The summed E-state index contributed by atoms with van der Waals surface area (Å²) in [7, 11) is 5.27. The molecule has 108 valence electrons. The fraction of sp³-hybridized carbons (Fsp3) is 0.400. The van der Waals surface area contributed by atoms with Crippen LogP contribution in [0.25, 0.3) is 0 Å². The molecule has 0 radical (unpaired) electrons. The van der Waals surface area contributed by atoms with Gasteiger partial charge in [0.15, 0.2) is 0 Å². The third-order valence-corrected chi connectivity index (χ3v) is 3.23. The molecule has 0 amide bonds. The van der Waals surface area contributed by atoms with Gasteiger partial charge in [0.2, 0.25) is 0 Å². The summed E-state index contributed by atoms with van der Waals surface area (Å²) in [4.78, 5) is 0. The minimum Gasteiger partial charge on any atom is -0.497 e. The summed E-state index contributed by atoms with van der Waals surface area (Å²) in [6.45, 7) is 3.51. The number of nitrogens with zero attached hydrogens (tertiary/aromatic N) is 2. The van der Waals surface area contributed by atoms with Crippen LogP contribution in [0.5, 0.6) is 11.5 Å². The van der Waals surface area contributed by atoms with Gasteiger partial charge >= 0.3 is 0 Å². The fourth-order valence-corrected chi connectivity index (χ4v) is 2.17. The third-order valence-electron chi connectivity index (χ3n) is 3.23. The van der Waals surface area contributed by atoms with E-state index < -0.39 is 0 Å². The van der Waals surface area contributed by atoms with Crippen LogP contribution in [0.1, 0.15) is 16.8 Å². The molecule has 0 aliphatic heterocycles. The molecule has 0 aliphatic carbocycles. The van der Waals surface area contributed by atoms with Crippen LogP contribution in [0.4, 0.5) is 0 Å². The first-order chi connectivity index (χ1) is 9.63. The molecule has 5 nitrogen and oxygen atoms in total. The van der Waals surface area contributed by atoms with E-state index in [0.29, 0.717) is 6.54 Å². The zero-order chi connectivity index (χ0) is 14.5. The van der Waals surface area contributed by atoms with Crippen LogP contribution >= 0.6 is 0 Å². The molecule has 0 fully saturated rings. The molecule has 2 rings (SSSR count). The van der Waals surface area contributed by atoms with Crippen LogP contribution in [0.2, 0.25) is 0 Å². The van der Waals surface area contributed by atoms with Crippen LogP contribution in [0, 0.1) is 6.92 Å². The maximum Gasteiger partial charge on any atom is 0.123 e. The number of aromatic nitrogens is 2. The van der Waals surface area contributed by atoms with E-state index in [-0.39, 0.29) is 0 Å². The van der Waals surface area contributed by atoms with E-state index in [9.17, 15) is 0 Å². The normalized spacial score (nSPS) is 10.6. The first-order valence-electron chi connectivity index (χ1n) is 6.54. The number of aryl methyl sites for hydroxylation is 2. The van der Waals surface area contributed by atoms with Crippen molar-refractivity contribution >= 4 is 0 Å². The summed E-state index contributed by atoms with van der Waals surface area (Å²) in [5.74, 6) is 1.70. The number of nitrogens with one attached hydrogen (secondary N) is 1. The first kappa shape index (κ1) is 14.4. The highest BCUT2D eigenvalue weighted by molar-refractivity contribution is 5.40. The quantitative estimate of drug-likeness (QED) is 0.876. The van der Waals surface area contributed by atoms with Crippen molar-refractivity contribution in [1.29, 1.82) is 0 Å². The van der Waals surface area contributed by atoms with Crippen molar-refractivity contribution in [2.24, 2.45) is 7.05 Å². The fourth-order valence-electron chi connectivity index (χ4n) is 2.17. The predicted octanol–water partition coefficient (Wildman–Crippen LogP) is 2.04. The van der Waals surface area contributed by atoms with E-state index in [1.807, 2.05) is 43.0 Å². The molecule has 0 bridgehead atoms. The Morgan fingerprint density at radius 3 is 2.50 bits per heavy atom. The van der Waals surface area contributed by atoms with Crippen molar-refractivity contribution in [3.63, 3.8) is 0 Å². The lowest BCUT2D eigenvalue weighted by atomic mass is 10.2.